The van der Waals surface area contributed by atoms with Gasteiger partial charge in [-0.3, -0.25) is 19.4 Å². The van der Waals surface area contributed by atoms with Gasteiger partial charge in [-0.15, -0.1) is 0 Å². The minimum absolute atomic E-state index is 0.247. The summed E-state index contributed by atoms with van der Waals surface area (Å²) in [7, 11) is 0. The lowest BCUT2D eigenvalue weighted by Crippen LogP contribution is -2.47. The maximum atomic E-state index is 14.1. The number of aromatic nitrogens is 2. The van der Waals surface area contributed by atoms with Gasteiger partial charge in [-0.05, 0) is 87.2 Å². The number of hydrogen-bond acceptors (Lipinski definition) is 6. The average Bonchev–Trinajstić information content (AvgIpc) is 3.78. The molecule has 282 valence electrons. The van der Waals surface area contributed by atoms with E-state index >= 15 is 0 Å². The van der Waals surface area contributed by atoms with Crippen LogP contribution in [0.25, 0.3) is 0 Å². The van der Waals surface area contributed by atoms with Crippen LogP contribution in [0, 0.1) is 11.6 Å². The van der Waals surface area contributed by atoms with E-state index in [1.165, 1.54) is 23.5 Å². The number of nitrogens with zero attached hydrogens (tertiary/aromatic N) is 6. The Morgan fingerprint density at radius 3 is 1.45 bits per heavy atom. The highest BCUT2D eigenvalue weighted by Gasteiger charge is 2.24. The van der Waals surface area contributed by atoms with E-state index in [-0.39, 0.29) is 17.4 Å². The third-order valence-corrected chi connectivity index (χ3v) is 11.6. The summed E-state index contributed by atoms with van der Waals surface area (Å²) in [5.74, 6) is 0.0709. The Labute approximate surface area is 320 Å². The lowest BCUT2D eigenvalue weighted by molar-refractivity contribution is 0.0963. The van der Waals surface area contributed by atoms with Crippen LogP contribution in [0.5, 0.6) is 0 Å². The molecule has 2 aromatic carbocycles. The topological polar surface area (TPSA) is 57.0 Å². The number of halogens is 4. The zero-order chi connectivity index (χ0) is 36.9. The van der Waals surface area contributed by atoms with E-state index in [9.17, 15) is 18.4 Å². The normalized spacial score (nSPS) is 18.1. The summed E-state index contributed by atoms with van der Waals surface area (Å²) in [5, 5.41) is 0.863. The third kappa shape index (κ3) is 8.99. The molecule has 0 unspecified atom stereocenters. The largest absolute Gasteiger partial charge is 0.367 e. The van der Waals surface area contributed by atoms with Crippen LogP contribution in [0.2, 0.25) is 10.0 Å². The molecule has 2 aromatic heterocycles. The van der Waals surface area contributed by atoms with Gasteiger partial charge in [-0.25, -0.2) is 8.78 Å². The zero-order valence-corrected chi connectivity index (χ0v) is 31.7. The van der Waals surface area contributed by atoms with E-state index in [4.69, 9.17) is 23.2 Å². The van der Waals surface area contributed by atoms with Gasteiger partial charge in [0.05, 0.1) is 11.4 Å². The predicted octanol–water partition coefficient (Wildman–Crippen LogP) is 7.63. The monoisotopic (exact) mass is 764 g/mol. The second-order valence-electron chi connectivity index (χ2n) is 14.5. The number of piperazine rings is 2. The average molecular weight is 766 g/mol. The number of carbonyl (C=O) groups is 2. The molecule has 53 heavy (non-hydrogen) atoms. The lowest BCUT2D eigenvalue weighted by Gasteiger charge is -2.36. The summed E-state index contributed by atoms with van der Waals surface area (Å²) in [5.41, 5.74) is 5.53. The van der Waals surface area contributed by atoms with Crippen molar-refractivity contribution in [3.05, 3.63) is 105 Å². The Kier molecular flexibility index (Phi) is 12.2. The summed E-state index contributed by atoms with van der Waals surface area (Å²) in [6.07, 6.45) is 10.5. The minimum atomic E-state index is -0.255. The van der Waals surface area contributed by atoms with E-state index in [1.54, 1.807) is 24.3 Å². The molecule has 8 nitrogen and oxygen atoms in total. The van der Waals surface area contributed by atoms with Gasteiger partial charge in [0.15, 0.2) is 11.6 Å². The highest BCUT2D eigenvalue weighted by Crippen LogP contribution is 2.27. The molecule has 0 bridgehead atoms. The molecule has 0 atom stereocenters. The van der Waals surface area contributed by atoms with Crippen LogP contribution in [0.3, 0.4) is 0 Å². The second kappa shape index (κ2) is 17.2. The molecule has 4 aliphatic rings. The Balaban J connectivity index is 0.000000164. The Morgan fingerprint density at radius 1 is 0.528 bits per heavy atom. The molecule has 2 fully saturated rings. The van der Waals surface area contributed by atoms with Crippen LogP contribution in [-0.2, 0) is 25.9 Å². The fourth-order valence-electron chi connectivity index (χ4n) is 8.21. The summed E-state index contributed by atoms with van der Waals surface area (Å²) >= 11 is 11.7. The summed E-state index contributed by atoms with van der Waals surface area (Å²) in [4.78, 5) is 32.9. The van der Waals surface area contributed by atoms with Crippen molar-refractivity contribution in [1.29, 1.82) is 0 Å². The van der Waals surface area contributed by atoms with Gasteiger partial charge < -0.3 is 18.9 Å². The van der Waals surface area contributed by atoms with Crippen LogP contribution in [-0.4, -0.2) is 95.9 Å². The summed E-state index contributed by atoms with van der Waals surface area (Å²) in [6.45, 7) is 10.8. The van der Waals surface area contributed by atoms with E-state index in [0.29, 0.717) is 40.0 Å². The highest BCUT2D eigenvalue weighted by molar-refractivity contribution is 6.31. The number of aryl methyl sites for hydroxylation is 1. The van der Waals surface area contributed by atoms with E-state index in [2.05, 4.69) is 34.9 Å². The highest BCUT2D eigenvalue weighted by atomic mass is 35.5. The molecule has 4 heterocycles. The van der Waals surface area contributed by atoms with Gasteiger partial charge in [-0.1, -0.05) is 23.2 Å². The van der Waals surface area contributed by atoms with Crippen LogP contribution in [0.1, 0.15) is 64.2 Å². The van der Waals surface area contributed by atoms with Crippen molar-refractivity contribution in [2.45, 2.75) is 58.0 Å². The number of rotatable bonds is 9. The van der Waals surface area contributed by atoms with Crippen molar-refractivity contribution < 1.29 is 18.4 Å². The van der Waals surface area contributed by atoms with Crippen LogP contribution < -0.4 is 9.80 Å². The minimum Gasteiger partial charge on any atom is -0.367 e. The van der Waals surface area contributed by atoms with Gasteiger partial charge >= 0.3 is 0 Å². The number of benzene rings is 2. The van der Waals surface area contributed by atoms with Gasteiger partial charge in [-0.2, -0.15) is 0 Å². The summed E-state index contributed by atoms with van der Waals surface area (Å²) < 4.78 is 32.7. The van der Waals surface area contributed by atoms with Crippen LogP contribution in [0.4, 0.5) is 20.2 Å². The first-order valence-corrected chi connectivity index (χ1v) is 19.8. The zero-order valence-electron chi connectivity index (χ0n) is 30.2. The van der Waals surface area contributed by atoms with Crippen molar-refractivity contribution in [2.75, 3.05) is 75.2 Å². The molecule has 4 aromatic rings. The van der Waals surface area contributed by atoms with Crippen molar-refractivity contribution >= 4 is 46.1 Å². The Morgan fingerprint density at radius 2 is 0.981 bits per heavy atom. The molecule has 0 N–H and O–H groups in total. The SMILES string of the molecule is O=C1CCCc2c1ccn2CCCN1CCN(c2ccc(Cl)cc2F)CC1.O=C1CCCc2c1ccn2CCN1CCN(c2ccc(Cl)cc2F)CC1. The molecule has 2 saturated heterocycles. The Hall–Kier alpha value is -3.70. The molecule has 2 aliphatic heterocycles. The van der Waals surface area contributed by atoms with E-state index in [0.717, 1.165) is 122 Å². The first kappa shape index (κ1) is 37.6. The van der Waals surface area contributed by atoms with Crippen LogP contribution in [0.15, 0.2) is 60.9 Å². The molecule has 0 saturated carbocycles. The van der Waals surface area contributed by atoms with Gasteiger partial charge in [0.2, 0.25) is 0 Å². The maximum Gasteiger partial charge on any atom is 0.164 e. The smallest absolute Gasteiger partial charge is 0.164 e. The standard InChI is InChI=1S/C21H25ClFN3O.C20H23ClFN3O/c22-16-5-6-20(18(23)15-16)26-13-11-24(12-14-26)8-2-9-25-10-7-17-19(25)3-1-4-21(17)27;21-15-4-5-19(17(22)14-15)25-12-9-23(10-13-25)8-11-24-7-6-16-18(24)2-1-3-20(16)26/h5-7,10,15H,1-4,8-9,11-14H2;4-7,14H,1-3,8-13H2. The molecular weight excluding hydrogens is 717 g/mol. The quantitative estimate of drug-likeness (QED) is 0.175. The lowest BCUT2D eigenvalue weighted by atomic mass is 9.97. The number of anilines is 2. The van der Waals surface area contributed by atoms with Crippen molar-refractivity contribution in [1.82, 2.24) is 18.9 Å². The van der Waals surface area contributed by atoms with Crippen LogP contribution >= 0.6 is 23.2 Å². The second-order valence-corrected chi connectivity index (χ2v) is 15.4. The van der Waals surface area contributed by atoms with Gasteiger partial charge in [0.1, 0.15) is 11.6 Å². The summed E-state index contributed by atoms with van der Waals surface area (Å²) in [6, 6.07) is 13.7. The fourth-order valence-corrected chi connectivity index (χ4v) is 8.53. The van der Waals surface area contributed by atoms with E-state index < -0.39 is 0 Å². The van der Waals surface area contributed by atoms with Crippen molar-refractivity contribution in [3.8, 4) is 0 Å². The van der Waals surface area contributed by atoms with Gasteiger partial charge in [0, 0.05) is 130 Å². The van der Waals surface area contributed by atoms with Crippen molar-refractivity contribution in [2.24, 2.45) is 0 Å². The van der Waals surface area contributed by atoms with E-state index in [1.807, 2.05) is 18.3 Å². The van der Waals surface area contributed by atoms with Crippen molar-refractivity contribution in [3.63, 3.8) is 0 Å². The molecular formula is C41H48Cl2F2N6O2. The molecule has 2 aliphatic carbocycles. The number of Topliss-reactive ketones (excluding diaryl/α,β-unsaturated/α-hetero) is 2. The molecule has 0 radical (unpaired) electrons. The third-order valence-electron chi connectivity index (χ3n) is 11.2. The Bertz CT molecular complexity index is 1910. The fraction of sp³-hybridized carbons (Fsp3) is 0.463. The van der Waals surface area contributed by atoms with Gasteiger partial charge in [0.25, 0.3) is 0 Å². The number of hydrogen-bond donors (Lipinski definition) is 0. The number of ketones is 2. The molecule has 8 rings (SSSR count). The first-order valence-electron chi connectivity index (χ1n) is 19.0. The molecule has 0 amide bonds. The maximum absolute atomic E-state index is 14.1. The first-order chi connectivity index (χ1) is 25.7. The predicted molar refractivity (Wildman–Crippen MR) is 208 cm³/mol. The number of fused-ring (bicyclic) bond motifs is 2. The molecule has 0 spiro atoms. The number of carbonyl (C=O) groups excluding carboxylic acids is 2. The molecule has 12 heteroatoms.